The molecule has 5 heteroatoms. The Morgan fingerprint density at radius 2 is 1.95 bits per heavy atom. The van der Waals surface area contributed by atoms with Crippen molar-refractivity contribution in [1.82, 2.24) is 5.32 Å². The van der Waals surface area contributed by atoms with Gasteiger partial charge in [-0.15, -0.1) is 0 Å². The third kappa shape index (κ3) is 5.09. The smallest absolute Gasteiger partial charge is 0.406 e. The molecule has 1 fully saturated rings. The zero-order valence-corrected chi connectivity index (χ0v) is 12.3. The van der Waals surface area contributed by atoms with E-state index in [0.29, 0.717) is 6.54 Å². The van der Waals surface area contributed by atoms with E-state index in [4.69, 9.17) is 5.11 Å². The van der Waals surface area contributed by atoms with Crippen LogP contribution in [0.4, 0.5) is 4.79 Å². The van der Waals surface area contributed by atoms with Crippen LogP contribution in [0.15, 0.2) is 0 Å². The predicted octanol–water partition coefficient (Wildman–Crippen LogP) is 2.65. The van der Waals surface area contributed by atoms with Gasteiger partial charge in [0, 0.05) is 13.0 Å². The van der Waals surface area contributed by atoms with Crippen molar-refractivity contribution in [3.05, 3.63) is 0 Å². The van der Waals surface area contributed by atoms with Gasteiger partial charge >= 0.3 is 12.1 Å². The molecule has 2 atom stereocenters. The van der Waals surface area contributed by atoms with E-state index in [1.807, 2.05) is 0 Å². The second-order valence-corrected chi connectivity index (χ2v) is 6.87. The highest BCUT2D eigenvalue weighted by molar-refractivity contribution is 5.67. The van der Waals surface area contributed by atoms with Crippen LogP contribution in [0.1, 0.15) is 46.5 Å². The van der Waals surface area contributed by atoms with E-state index in [2.05, 4.69) is 30.8 Å². The molecule has 0 aromatic heterocycles. The Balaban J connectivity index is 2.69. The quantitative estimate of drug-likeness (QED) is 0.824. The fraction of sp³-hybridized carbons (Fsp3) is 0.857. The monoisotopic (exact) mass is 271 g/mol. The van der Waals surface area contributed by atoms with E-state index in [9.17, 15) is 9.59 Å². The molecular weight excluding hydrogens is 246 g/mol. The first-order valence-corrected chi connectivity index (χ1v) is 6.69. The zero-order chi connectivity index (χ0) is 14.7. The summed E-state index contributed by atoms with van der Waals surface area (Å²) in [6.07, 6.45) is 2.50. The van der Waals surface area contributed by atoms with Gasteiger partial charge in [-0.2, -0.15) is 0 Å². The molecule has 0 bridgehead atoms. The van der Waals surface area contributed by atoms with Crippen molar-refractivity contribution in [2.75, 3.05) is 13.7 Å². The maximum absolute atomic E-state index is 11.2. The molecule has 0 aliphatic heterocycles. The largest absolute Gasteiger partial charge is 0.481 e. The van der Waals surface area contributed by atoms with Gasteiger partial charge in [-0.3, -0.25) is 4.79 Å². The molecule has 0 saturated heterocycles. The molecule has 2 N–H and O–H groups in total. The number of amides is 1. The Morgan fingerprint density at radius 3 is 2.47 bits per heavy atom. The van der Waals surface area contributed by atoms with Crippen molar-refractivity contribution < 1.29 is 19.4 Å². The SMILES string of the molecule is COC(=O)NCC1(C)CC(CC(=O)O)CC(C)(C)C1. The molecule has 0 spiro atoms. The summed E-state index contributed by atoms with van der Waals surface area (Å²) in [7, 11) is 1.34. The number of rotatable bonds is 4. The van der Waals surface area contributed by atoms with E-state index in [0.717, 1.165) is 19.3 Å². The minimum absolute atomic E-state index is 0.0734. The highest BCUT2D eigenvalue weighted by atomic mass is 16.5. The maximum Gasteiger partial charge on any atom is 0.406 e. The number of carbonyl (C=O) groups is 2. The van der Waals surface area contributed by atoms with Crippen LogP contribution >= 0.6 is 0 Å². The molecule has 1 rings (SSSR count). The molecular formula is C14H25NO4. The average Bonchev–Trinajstić information content (AvgIpc) is 2.22. The fourth-order valence-electron chi connectivity index (χ4n) is 3.73. The lowest BCUT2D eigenvalue weighted by Gasteiger charge is -2.46. The number of carbonyl (C=O) groups excluding carboxylic acids is 1. The lowest BCUT2D eigenvalue weighted by atomic mass is 9.60. The number of ether oxygens (including phenoxy) is 1. The van der Waals surface area contributed by atoms with Crippen LogP contribution in [-0.2, 0) is 9.53 Å². The van der Waals surface area contributed by atoms with Crippen LogP contribution in [-0.4, -0.2) is 30.8 Å². The number of alkyl carbamates (subject to hydrolysis) is 1. The molecule has 0 aromatic carbocycles. The number of carboxylic acid groups (broad SMARTS) is 1. The first-order chi connectivity index (χ1) is 8.66. The van der Waals surface area contributed by atoms with Crippen molar-refractivity contribution >= 4 is 12.1 Å². The summed E-state index contributed by atoms with van der Waals surface area (Å²) in [5.74, 6) is -0.573. The number of nitrogens with one attached hydrogen (secondary N) is 1. The van der Waals surface area contributed by atoms with Crippen LogP contribution in [0.2, 0.25) is 0 Å². The number of methoxy groups -OCH3 is 1. The molecule has 5 nitrogen and oxygen atoms in total. The summed E-state index contributed by atoms with van der Waals surface area (Å²) < 4.78 is 4.59. The highest BCUT2D eigenvalue weighted by Crippen LogP contribution is 2.49. The van der Waals surface area contributed by atoms with Crippen molar-refractivity contribution in [2.24, 2.45) is 16.7 Å². The molecule has 110 valence electrons. The minimum atomic E-state index is -0.744. The molecule has 0 radical (unpaired) electrons. The molecule has 1 aliphatic rings. The lowest BCUT2D eigenvalue weighted by molar-refractivity contribution is -0.139. The number of hydrogen-bond acceptors (Lipinski definition) is 3. The first kappa shape index (κ1) is 15.8. The summed E-state index contributed by atoms with van der Waals surface area (Å²) in [4.78, 5) is 22.1. The normalized spacial score (nSPS) is 29.6. The van der Waals surface area contributed by atoms with Crippen molar-refractivity contribution in [2.45, 2.75) is 46.5 Å². The zero-order valence-electron chi connectivity index (χ0n) is 12.3. The van der Waals surface area contributed by atoms with Crippen LogP contribution in [0, 0.1) is 16.7 Å². The Labute approximate surface area is 114 Å². The topological polar surface area (TPSA) is 75.6 Å². The highest BCUT2D eigenvalue weighted by Gasteiger charge is 2.41. The minimum Gasteiger partial charge on any atom is -0.481 e. The van der Waals surface area contributed by atoms with Gasteiger partial charge < -0.3 is 15.2 Å². The standard InChI is InChI=1S/C14H25NO4/c1-13(2)6-10(5-11(16)17)7-14(3,8-13)9-15-12(18)19-4/h10H,5-9H2,1-4H3,(H,15,18)(H,16,17). The van der Waals surface area contributed by atoms with Gasteiger partial charge in [0.1, 0.15) is 0 Å². The van der Waals surface area contributed by atoms with E-state index >= 15 is 0 Å². The molecule has 19 heavy (non-hydrogen) atoms. The van der Waals surface area contributed by atoms with Crippen LogP contribution < -0.4 is 5.32 Å². The number of carboxylic acids is 1. The average molecular weight is 271 g/mol. The van der Waals surface area contributed by atoms with Crippen molar-refractivity contribution in [3.63, 3.8) is 0 Å². The third-order valence-electron chi connectivity index (χ3n) is 3.84. The second kappa shape index (κ2) is 5.80. The fourth-order valence-corrected chi connectivity index (χ4v) is 3.73. The van der Waals surface area contributed by atoms with E-state index < -0.39 is 12.1 Å². The number of aliphatic carboxylic acids is 1. The van der Waals surface area contributed by atoms with E-state index in [1.165, 1.54) is 7.11 Å². The van der Waals surface area contributed by atoms with Gasteiger partial charge in [-0.05, 0) is 36.0 Å². The van der Waals surface area contributed by atoms with Gasteiger partial charge in [0.05, 0.1) is 7.11 Å². The predicted molar refractivity (Wildman–Crippen MR) is 71.9 cm³/mol. The molecule has 0 heterocycles. The van der Waals surface area contributed by atoms with Crippen LogP contribution in [0.3, 0.4) is 0 Å². The molecule has 1 saturated carbocycles. The first-order valence-electron chi connectivity index (χ1n) is 6.69. The molecule has 0 aromatic rings. The third-order valence-corrected chi connectivity index (χ3v) is 3.84. The Bertz CT molecular complexity index is 353. The maximum atomic E-state index is 11.2. The Hall–Kier alpha value is -1.26. The van der Waals surface area contributed by atoms with Gasteiger partial charge in [0.15, 0.2) is 0 Å². The summed E-state index contributed by atoms with van der Waals surface area (Å²) in [5.41, 5.74) is 0.0287. The number of hydrogen-bond donors (Lipinski definition) is 2. The van der Waals surface area contributed by atoms with E-state index in [-0.39, 0.29) is 23.2 Å². The summed E-state index contributed by atoms with van der Waals surface area (Å²) >= 11 is 0. The Morgan fingerprint density at radius 1 is 1.32 bits per heavy atom. The second-order valence-electron chi connectivity index (χ2n) is 6.87. The molecule has 1 amide bonds. The van der Waals surface area contributed by atoms with Gasteiger partial charge in [-0.25, -0.2) is 4.79 Å². The summed E-state index contributed by atoms with van der Waals surface area (Å²) in [6.45, 7) is 6.97. The summed E-state index contributed by atoms with van der Waals surface area (Å²) in [5, 5.41) is 11.7. The lowest BCUT2D eigenvalue weighted by Crippen LogP contribution is -2.43. The Kier molecular flexibility index (Phi) is 4.82. The molecule has 1 aliphatic carbocycles. The van der Waals surface area contributed by atoms with Gasteiger partial charge in [0.2, 0.25) is 0 Å². The van der Waals surface area contributed by atoms with Crippen LogP contribution in [0.25, 0.3) is 0 Å². The van der Waals surface area contributed by atoms with E-state index in [1.54, 1.807) is 0 Å². The van der Waals surface area contributed by atoms with Crippen molar-refractivity contribution in [1.29, 1.82) is 0 Å². The molecule has 2 unspecified atom stereocenters. The van der Waals surface area contributed by atoms with Gasteiger partial charge in [0.25, 0.3) is 0 Å². The summed E-state index contributed by atoms with van der Waals surface area (Å²) in [6, 6.07) is 0. The van der Waals surface area contributed by atoms with Gasteiger partial charge in [-0.1, -0.05) is 20.8 Å². The van der Waals surface area contributed by atoms with Crippen molar-refractivity contribution in [3.8, 4) is 0 Å². The van der Waals surface area contributed by atoms with Crippen LogP contribution in [0.5, 0.6) is 0 Å².